The molecule has 2 aromatic heterocycles. The molecule has 0 saturated carbocycles. The van der Waals surface area contributed by atoms with Crippen LogP contribution in [0.25, 0.3) is 65.5 Å². The third kappa shape index (κ3) is 3.98. The Bertz CT molecular complexity index is 2060. The summed E-state index contributed by atoms with van der Waals surface area (Å²) < 4.78 is 43.3. The number of benzene rings is 5. The van der Waals surface area contributed by atoms with Crippen molar-refractivity contribution in [1.82, 2.24) is 15.0 Å². The van der Waals surface area contributed by atoms with E-state index in [1.54, 1.807) is 11.3 Å². The topological polar surface area (TPSA) is 38.7 Å². The van der Waals surface area contributed by atoms with Gasteiger partial charge in [0.25, 0.3) is 0 Å². The molecular formula is C33H21N3S. The van der Waals surface area contributed by atoms with Gasteiger partial charge in [0, 0.05) is 36.9 Å². The van der Waals surface area contributed by atoms with Crippen LogP contribution in [-0.2, 0) is 0 Å². The lowest BCUT2D eigenvalue weighted by Gasteiger charge is -2.09. The third-order valence-corrected chi connectivity index (χ3v) is 7.36. The van der Waals surface area contributed by atoms with Gasteiger partial charge in [-0.1, -0.05) is 109 Å². The molecule has 0 aliphatic carbocycles. The molecule has 0 saturated heterocycles. The lowest BCUT2D eigenvalue weighted by Crippen LogP contribution is -2.00. The maximum Gasteiger partial charge on any atom is 0.164 e. The molecule has 5 aromatic carbocycles. The van der Waals surface area contributed by atoms with Crippen LogP contribution in [0.3, 0.4) is 0 Å². The Morgan fingerprint density at radius 2 is 1.16 bits per heavy atom. The summed E-state index contributed by atoms with van der Waals surface area (Å²) in [6.07, 6.45) is 0. The zero-order valence-corrected chi connectivity index (χ0v) is 20.3. The first-order chi connectivity index (χ1) is 20.4. The van der Waals surface area contributed by atoms with Gasteiger partial charge in [0.1, 0.15) is 0 Å². The van der Waals surface area contributed by atoms with E-state index in [0.29, 0.717) is 23.0 Å². The van der Waals surface area contributed by atoms with Crippen LogP contribution < -0.4 is 0 Å². The Morgan fingerprint density at radius 1 is 0.514 bits per heavy atom. The molecule has 0 aliphatic heterocycles. The Balaban J connectivity index is 1.49. The summed E-state index contributed by atoms with van der Waals surface area (Å²) in [5.74, 6) is 1.66. The van der Waals surface area contributed by atoms with Crippen LogP contribution in [0, 0.1) is 0 Å². The minimum atomic E-state index is -0.406. The molecule has 0 fully saturated rings. The van der Waals surface area contributed by atoms with Crippen LogP contribution >= 0.6 is 11.3 Å². The van der Waals surface area contributed by atoms with Gasteiger partial charge in [-0.15, -0.1) is 11.3 Å². The normalized spacial score (nSPS) is 13.1. The predicted octanol–water partition coefficient (Wildman–Crippen LogP) is 8.91. The molecule has 2 heterocycles. The summed E-state index contributed by atoms with van der Waals surface area (Å²) in [6, 6.07) is 29.7. The molecule has 4 heteroatoms. The van der Waals surface area contributed by atoms with E-state index in [2.05, 4.69) is 0 Å². The average Bonchev–Trinajstić information content (AvgIpc) is 3.42. The highest BCUT2D eigenvalue weighted by atomic mass is 32.1. The standard InChI is InChI=1S/C33H21N3S/c1-4-11-22(12-5-1)25-19-20-28-27(21-25)30-26(17-10-18-29(30)37-28)33-35-31(23-13-6-2-7-14-23)34-32(36-33)24-15-8-3-9-16-24/h1-21H/i1D,4D,5D,11D,12D. The van der Waals surface area contributed by atoms with Gasteiger partial charge in [-0.3, -0.25) is 0 Å². The van der Waals surface area contributed by atoms with E-state index in [0.717, 1.165) is 36.9 Å². The van der Waals surface area contributed by atoms with Gasteiger partial charge in [-0.25, -0.2) is 15.0 Å². The number of hydrogen-bond donors (Lipinski definition) is 0. The van der Waals surface area contributed by atoms with E-state index >= 15 is 0 Å². The highest BCUT2D eigenvalue weighted by Gasteiger charge is 2.17. The molecule has 0 aliphatic rings. The van der Waals surface area contributed by atoms with Crippen LogP contribution in [0.5, 0.6) is 0 Å². The molecule has 3 nitrogen and oxygen atoms in total. The first kappa shape index (κ1) is 16.9. The number of rotatable bonds is 4. The number of aromatic nitrogens is 3. The van der Waals surface area contributed by atoms with E-state index < -0.39 is 6.04 Å². The predicted molar refractivity (Wildman–Crippen MR) is 154 cm³/mol. The fourth-order valence-corrected chi connectivity index (χ4v) is 5.60. The molecule has 7 aromatic rings. The minimum absolute atomic E-state index is 0.178. The van der Waals surface area contributed by atoms with Crippen LogP contribution in [0.2, 0.25) is 0 Å². The Kier molecular flexibility index (Phi) is 4.15. The third-order valence-electron chi connectivity index (χ3n) is 6.22. The molecule has 0 atom stereocenters. The summed E-state index contributed by atoms with van der Waals surface area (Å²) in [6.45, 7) is 0. The number of hydrogen-bond acceptors (Lipinski definition) is 4. The van der Waals surface area contributed by atoms with Crippen molar-refractivity contribution in [3.8, 4) is 45.3 Å². The van der Waals surface area contributed by atoms with Gasteiger partial charge >= 0.3 is 0 Å². The summed E-state index contributed by atoms with van der Waals surface area (Å²) in [7, 11) is 0. The van der Waals surface area contributed by atoms with Crippen LogP contribution in [0.15, 0.2) is 127 Å². The largest absolute Gasteiger partial charge is 0.208 e. The van der Waals surface area contributed by atoms with Gasteiger partial charge in [0.15, 0.2) is 17.5 Å². The Hall–Kier alpha value is -4.67. The fraction of sp³-hybridized carbons (Fsp3) is 0. The maximum atomic E-state index is 8.50. The second-order valence-corrected chi connectivity index (χ2v) is 9.61. The zero-order valence-electron chi connectivity index (χ0n) is 24.5. The van der Waals surface area contributed by atoms with Crippen molar-refractivity contribution in [1.29, 1.82) is 0 Å². The van der Waals surface area contributed by atoms with E-state index in [9.17, 15) is 0 Å². The van der Waals surface area contributed by atoms with Crippen LogP contribution in [0.1, 0.15) is 6.85 Å². The first-order valence-corrected chi connectivity index (χ1v) is 12.6. The molecule has 0 spiro atoms. The molecular weight excluding hydrogens is 470 g/mol. The monoisotopic (exact) mass is 496 g/mol. The number of nitrogens with zero attached hydrogens (tertiary/aromatic N) is 3. The minimum Gasteiger partial charge on any atom is -0.208 e. The van der Waals surface area contributed by atoms with E-state index in [1.165, 1.54) is 0 Å². The first-order valence-electron chi connectivity index (χ1n) is 14.3. The summed E-state index contributed by atoms with van der Waals surface area (Å²) in [5.41, 5.74) is 3.32. The van der Waals surface area contributed by atoms with Crippen molar-refractivity contribution in [3.05, 3.63) is 127 Å². The zero-order chi connectivity index (χ0) is 29.0. The van der Waals surface area contributed by atoms with Crippen LogP contribution in [-0.4, -0.2) is 15.0 Å². The Morgan fingerprint density at radius 3 is 1.84 bits per heavy atom. The molecule has 37 heavy (non-hydrogen) atoms. The maximum absolute atomic E-state index is 8.50. The van der Waals surface area contributed by atoms with E-state index in [4.69, 9.17) is 21.8 Å². The summed E-state index contributed by atoms with van der Waals surface area (Å²) >= 11 is 1.62. The van der Waals surface area contributed by atoms with Gasteiger partial charge in [-0.2, -0.15) is 0 Å². The number of thiophene rings is 1. The van der Waals surface area contributed by atoms with E-state index in [-0.39, 0.29) is 29.7 Å². The van der Waals surface area contributed by atoms with Crippen molar-refractivity contribution in [2.45, 2.75) is 0 Å². The summed E-state index contributed by atoms with van der Waals surface area (Å²) in [5, 5.41) is 1.84. The quantitative estimate of drug-likeness (QED) is 0.244. The molecule has 174 valence electrons. The van der Waals surface area contributed by atoms with Crippen LogP contribution in [0.4, 0.5) is 0 Å². The SMILES string of the molecule is [2H]c1c([2H])c([2H])c(-c2ccc3sc4cccc(-c5nc(-c6ccccc6)nc(-c6ccccc6)n5)c4c3c2)c([2H])c1[2H]. The number of fused-ring (bicyclic) bond motifs is 3. The highest BCUT2D eigenvalue weighted by molar-refractivity contribution is 7.25. The molecule has 0 bridgehead atoms. The summed E-state index contributed by atoms with van der Waals surface area (Å²) in [4.78, 5) is 14.7. The molecule has 0 amide bonds. The van der Waals surface area contributed by atoms with Crippen molar-refractivity contribution in [2.75, 3.05) is 0 Å². The van der Waals surface area contributed by atoms with Crippen molar-refractivity contribution < 1.29 is 6.85 Å². The molecule has 0 radical (unpaired) electrons. The van der Waals surface area contributed by atoms with E-state index in [1.807, 2.05) is 97.1 Å². The second-order valence-electron chi connectivity index (χ2n) is 8.53. The average molecular weight is 497 g/mol. The fourth-order valence-electron chi connectivity index (χ4n) is 4.49. The van der Waals surface area contributed by atoms with Gasteiger partial charge in [-0.05, 0) is 29.3 Å². The lowest BCUT2D eigenvalue weighted by atomic mass is 10.0. The lowest BCUT2D eigenvalue weighted by molar-refractivity contribution is 1.08. The van der Waals surface area contributed by atoms with Crippen molar-refractivity contribution in [2.24, 2.45) is 0 Å². The Labute approximate surface area is 225 Å². The second kappa shape index (κ2) is 9.08. The smallest absolute Gasteiger partial charge is 0.164 e. The van der Waals surface area contributed by atoms with Crippen molar-refractivity contribution >= 4 is 31.5 Å². The highest BCUT2D eigenvalue weighted by Crippen LogP contribution is 2.41. The molecule has 0 unspecified atom stereocenters. The van der Waals surface area contributed by atoms with Gasteiger partial charge in [0.05, 0.1) is 6.85 Å². The van der Waals surface area contributed by atoms with Gasteiger partial charge < -0.3 is 0 Å². The molecule has 7 rings (SSSR count). The molecule has 0 N–H and O–H groups in total. The van der Waals surface area contributed by atoms with Crippen molar-refractivity contribution in [3.63, 3.8) is 0 Å². The van der Waals surface area contributed by atoms with Gasteiger partial charge in [0.2, 0.25) is 0 Å².